The molecule has 1 aliphatic carbocycles. The third kappa shape index (κ3) is 4.32. The first-order valence-electron chi connectivity index (χ1n) is 10.5. The molecule has 1 N–H and O–H groups in total. The van der Waals surface area contributed by atoms with E-state index in [1.807, 2.05) is 0 Å². The molecule has 1 amide bonds. The number of anilines is 2. The fraction of sp³-hybridized carbons (Fsp3) is 0.348. The maximum Gasteiger partial charge on any atom is 0.339 e. The maximum absolute atomic E-state index is 12.8. The number of ketones is 1. The molecule has 4 rings (SSSR count). The van der Waals surface area contributed by atoms with Crippen LogP contribution in [0.15, 0.2) is 36.4 Å². The minimum absolute atomic E-state index is 0.00347. The molecule has 0 aromatic heterocycles. The number of hydrogen-bond donors (Lipinski definition) is 1. The van der Waals surface area contributed by atoms with E-state index in [1.165, 1.54) is 26.0 Å². The molecule has 2 aliphatic rings. The Labute approximate surface area is 184 Å². The zero-order valence-corrected chi connectivity index (χ0v) is 17.8. The van der Waals surface area contributed by atoms with Crippen LogP contribution in [0.2, 0.25) is 0 Å². The van der Waals surface area contributed by atoms with Crippen molar-refractivity contribution in [2.45, 2.75) is 45.3 Å². The minimum Gasteiger partial charge on any atom is -0.451 e. The molecule has 166 valence electrons. The number of nitrogens with one attached hydrogen (secondary N) is 1. The molecule has 1 saturated carbocycles. The zero-order valence-electron chi connectivity index (χ0n) is 17.8. The van der Waals surface area contributed by atoms with E-state index in [4.69, 9.17) is 4.74 Å². The highest BCUT2D eigenvalue weighted by Crippen LogP contribution is 2.32. The lowest BCUT2D eigenvalue weighted by Crippen LogP contribution is -2.26. The minimum atomic E-state index is -1.07. The molecular weight excluding hydrogens is 414 g/mol. The largest absolute Gasteiger partial charge is 0.451 e. The highest BCUT2D eigenvalue weighted by Gasteiger charge is 2.28. The van der Waals surface area contributed by atoms with E-state index in [9.17, 15) is 24.5 Å². The van der Waals surface area contributed by atoms with E-state index < -0.39 is 17.0 Å². The number of esters is 1. The molecule has 2 aromatic carbocycles. The van der Waals surface area contributed by atoms with Gasteiger partial charge in [0.1, 0.15) is 5.69 Å². The van der Waals surface area contributed by atoms with Crippen LogP contribution < -0.4 is 10.2 Å². The van der Waals surface area contributed by atoms with Gasteiger partial charge in [0.15, 0.2) is 6.10 Å². The van der Waals surface area contributed by atoms with Crippen molar-refractivity contribution in [2.75, 3.05) is 16.8 Å². The summed E-state index contributed by atoms with van der Waals surface area (Å²) >= 11 is 0. The van der Waals surface area contributed by atoms with Crippen LogP contribution in [0.1, 0.15) is 53.0 Å². The topological polar surface area (TPSA) is 119 Å². The van der Waals surface area contributed by atoms with Crippen molar-refractivity contribution in [3.05, 3.63) is 63.2 Å². The molecule has 1 heterocycles. The Morgan fingerprint density at radius 2 is 1.88 bits per heavy atom. The van der Waals surface area contributed by atoms with E-state index >= 15 is 0 Å². The van der Waals surface area contributed by atoms with Crippen LogP contribution in [0.3, 0.4) is 0 Å². The van der Waals surface area contributed by atoms with Gasteiger partial charge in [-0.25, -0.2) is 4.79 Å². The van der Waals surface area contributed by atoms with Gasteiger partial charge in [-0.3, -0.25) is 19.7 Å². The summed E-state index contributed by atoms with van der Waals surface area (Å²) in [6.45, 7) is 3.53. The lowest BCUT2D eigenvalue weighted by atomic mass is 10.0. The Balaban J connectivity index is 1.46. The van der Waals surface area contributed by atoms with Gasteiger partial charge in [-0.15, -0.1) is 0 Å². The standard InChI is InChI=1S/C23H23N3O6/c1-13(22(28)16-4-8-20-15(11-16)9-10-25(20)14(2)27)32-23(29)17-3-7-19(24-18-5-6-18)21(12-17)26(30)31/h3-4,7-8,11-13,18,24H,5-6,9-10H2,1-2H3. The smallest absolute Gasteiger partial charge is 0.339 e. The molecule has 1 fully saturated rings. The number of nitro benzene ring substituents is 1. The lowest BCUT2D eigenvalue weighted by molar-refractivity contribution is -0.384. The second-order valence-corrected chi connectivity index (χ2v) is 8.08. The average molecular weight is 437 g/mol. The van der Waals surface area contributed by atoms with Crippen molar-refractivity contribution < 1.29 is 24.0 Å². The first kappa shape index (κ1) is 21.5. The number of nitro groups is 1. The van der Waals surface area contributed by atoms with Crippen LogP contribution in [-0.4, -0.2) is 41.3 Å². The van der Waals surface area contributed by atoms with E-state index in [2.05, 4.69) is 5.32 Å². The van der Waals surface area contributed by atoms with Crippen LogP contribution in [0.4, 0.5) is 17.1 Å². The number of carbonyl (C=O) groups excluding carboxylic acids is 3. The summed E-state index contributed by atoms with van der Waals surface area (Å²) < 4.78 is 5.30. The molecule has 1 aliphatic heterocycles. The van der Waals surface area contributed by atoms with E-state index in [0.717, 1.165) is 30.2 Å². The molecule has 0 bridgehead atoms. The van der Waals surface area contributed by atoms with Crippen LogP contribution >= 0.6 is 0 Å². The van der Waals surface area contributed by atoms with Gasteiger partial charge in [0.05, 0.1) is 10.5 Å². The molecule has 9 heteroatoms. The monoisotopic (exact) mass is 437 g/mol. The Kier molecular flexibility index (Phi) is 5.65. The number of benzene rings is 2. The summed E-state index contributed by atoms with van der Waals surface area (Å²) in [4.78, 5) is 49.6. The highest BCUT2D eigenvalue weighted by molar-refractivity contribution is 6.03. The van der Waals surface area contributed by atoms with Crippen molar-refractivity contribution >= 4 is 34.7 Å². The highest BCUT2D eigenvalue weighted by atomic mass is 16.6. The molecule has 0 spiro atoms. The summed E-state index contributed by atoms with van der Waals surface area (Å²) in [5.41, 5.74) is 2.20. The summed E-state index contributed by atoms with van der Waals surface area (Å²) in [5, 5.41) is 14.5. The number of rotatable bonds is 7. The van der Waals surface area contributed by atoms with Gasteiger partial charge in [0.2, 0.25) is 11.7 Å². The Hall–Kier alpha value is -3.75. The van der Waals surface area contributed by atoms with Gasteiger partial charge in [0.25, 0.3) is 5.69 Å². The average Bonchev–Trinajstić information content (AvgIpc) is 3.47. The number of ether oxygens (including phenoxy) is 1. The SMILES string of the molecule is CC(=O)N1CCc2cc(C(=O)C(C)OC(=O)c3ccc(NC4CC4)c([N+](=O)[O-])c3)ccc21. The Morgan fingerprint density at radius 3 is 2.53 bits per heavy atom. The molecule has 9 nitrogen and oxygen atoms in total. The van der Waals surface area contributed by atoms with Crippen LogP contribution in [-0.2, 0) is 16.0 Å². The Morgan fingerprint density at radius 1 is 1.16 bits per heavy atom. The molecule has 0 saturated heterocycles. The van der Waals surface area contributed by atoms with E-state index in [1.54, 1.807) is 23.1 Å². The van der Waals surface area contributed by atoms with Crippen molar-refractivity contribution in [1.82, 2.24) is 0 Å². The summed E-state index contributed by atoms with van der Waals surface area (Å²) in [5.74, 6) is -1.25. The second kappa shape index (κ2) is 8.41. The van der Waals surface area contributed by atoms with E-state index in [0.29, 0.717) is 24.2 Å². The molecular formula is C23H23N3O6. The normalized spacial score (nSPS) is 15.6. The molecule has 1 unspecified atom stereocenters. The third-order valence-electron chi connectivity index (χ3n) is 5.66. The fourth-order valence-electron chi connectivity index (χ4n) is 3.78. The molecule has 2 aromatic rings. The first-order valence-corrected chi connectivity index (χ1v) is 10.5. The summed E-state index contributed by atoms with van der Waals surface area (Å²) in [6.07, 6.45) is 1.48. The maximum atomic E-state index is 12.8. The predicted molar refractivity (Wildman–Crippen MR) is 117 cm³/mol. The number of carbonyl (C=O) groups is 3. The molecule has 1 atom stereocenters. The number of amides is 1. The van der Waals surface area contributed by atoms with Crippen LogP contribution in [0.5, 0.6) is 0 Å². The van der Waals surface area contributed by atoms with Gasteiger partial charge in [-0.2, -0.15) is 0 Å². The predicted octanol–water partition coefficient (Wildman–Crippen LogP) is 3.51. The second-order valence-electron chi connectivity index (χ2n) is 8.08. The summed E-state index contributed by atoms with van der Waals surface area (Å²) in [6, 6.07) is 9.36. The van der Waals surface area contributed by atoms with Crippen molar-refractivity contribution in [3.63, 3.8) is 0 Å². The Bertz CT molecular complexity index is 1120. The van der Waals surface area contributed by atoms with Gasteiger partial charge in [-0.1, -0.05) is 0 Å². The third-order valence-corrected chi connectivity index (χ3v) is 5.66. The zero-order chi connectivity index (χ0) is 23.0. The van der Waals surface area contributed by atoms with Gasteiger partial charge in [-0.05, 0) is 62.1 Å². The number of fused-ring (bicyclic) bond motifs is 1. The van der Waals surface area contributed by atoms with Gasteiger partial charge < -0.3 is 15.0 Å². The van der Waals surface area contributed by atoms with Crippen molar-refractivity contribution in [2.24, 2.45) is 0 Å². The first-order chi connectivity index (χ1) is 15.2. The van der Waals surface area contributed by atoms with Crippen LogP contribution in [0.25, 0.3) is 0 Å². The van der Waals surface area contributed by atoms with Gasteiger partial charge in [0, 0.05) is 36.8 Å². The number of hydrogen-bond acceptors (Lipinski definition) is 7. The lowest BCUT2D eigenvalue weighted by Gasteiger charge is -2.16. The number of Topliss-reactive ketones (excluding diaryl/α,β-unsaturated/α-hetero) is 1. The van der Waals surface area contributed by atoms with Crippen molar-refractivity contribution in [3.8, 4) is 0 Å². The summed E-state index contributed by atoms with van der Waals surface area (Å²) in [7, 11) is 0. The van der Waals surface area contributed by atoms with Crippen LogP contribution in [0, 0.1) is 10.1 Å². The number of nitrogens with zero attached hydrogens (tertiary/aromatic N) is 2. The fourth-order valence-corrected chi connectivity index (χ4v) is 3.78. The quantitative estimate of drug-likeness (QED) is 0.305. The van der Waals surface area contributed by atoms with E-state index in [-0.39, 0.29) is 29.0 Å². The molecule has 32 heavy (non-hydrogen) atoms. The van der Waals surface area contributed by atoms with Crippen molar-refractivity contribution in [1.29, 1.82) is 0 Å². The molecule has 0 radical (unpaired) electrons. The van der Waals surface area contributed by atoms with Gasteiger partial charge >= 0.3 is 5.97 Å².